The van der Waals surface area contributed by atoms with Gasteiger partial charge in [0.05, 0.1) is 13.2 Å². The molecule has 3 heteroatoms. The minimum absolute atomic E-state index is 0.705. The molecule has 0 aliphatic carbocycles. The Balaban J connectivity index is 3.15. The van der Waals surface area contributed by atoms with E-state index in [0.717, 1.165) is 24.5 Å². The van der Waals surface area contributed by atoms with Crippen molar-refractivity contribution in [3.05, 3.63) is 0 Å². The predicted octanol–water partition coefficient (Wildman–Crippen LogP) is 3.24. The van der Waals surface area contributed by atoms with Gasteiger partial charge in [-0.2, -0.15) is 0 Å². The smallest absolute Gasteiger partial charge is 0.0700 e. The Morgan fingerprint density at radius 3 is 2.50 bits per heavy atom. The molecule has 14 heavy (non-hydrogen) atoms. The summed E-state index contributed by atoms with van der Waals surface area (Å²) in [7, 11) is 1.70. The van der Waals surface area contributed by atoms with Crippen LogP contribution in [0.15, 0.2) is 0 Å². The van der Waals surface area contributed by atoms with Crippen molar-refractivity contribution in [3.63, 3.8) is 0 Å². The molecule has 0 heterocycles. The lowest BCUT2D eigenvalue weighted by atomic mass is 10.0. The third-order valence-electron chi connectivity index (χ3n) is 2.25. The number of halogens is 1. The molecule has 0 aliphatic heterocycles. The molecule has 0 fully saturated rings. The molecule has 86 valence electrons. The largest absolute Gasteiger partial charge is 0.382 e. The van der Waals surface area contributed by atoms with Crippen molar-refractivity contribution in [2.75, 3.05) is 32.3 Å². The molecule has 0 spiro atoms. The lowest BCUT2D eigenvalue weighted by molar-refractivity contribution is 0.0674. The summed E-state index contributed by atoms with van der Waals surface area (Å²) in [5.74, 6) is 0.825. The van der Waals surface area contributed by atoms with Crippen LogP contribution in [0.1, 0.15) is 32.6 Å². The first kappa shape index (κ1) is 14.4. The summed E-state index contributed by atoms with van der Waals surface area (Å²) in [6.45, 7) is 4.54. The average molecular weight is 267 g/mol. The van der Waals surface area contributed by atoms with Gasteiger partial charge in [-0.25, -0.2) is 0 Å². The fourth-order valence-electron chi connectivity index (χ4n) is 1.43. The van der Waals surface area contributed by atoms with Crippen LogP contribution in [-0.4, -0.2) is 32.3 Å². The van der Waals surface area contributed by atoms with E-state index in [4.69, 9.17) is 9.47 Å². The van der Waals surface area contributed by atoms with Gasteiger partial charge in [0.25, 0.3) is 0 Å². The maximum absolute atomic E-state index is 5.41. The zero-order valence-electron chi connectivity index (χ0n) is 9.43. The summed E-state index contributed by atoms with van der Waals surface area (Å²) in [4.78, 5) is 0. The second-order valence-electron chi connectivity index (χ2n) is 3.56. The van der Waals surface area contributed by atoms with Crippen molar-refractivity contribution >= 4 is 15.9 Å². The quantitative estimate of drug-likeness (QED) is 0.447. The molecular formula is C11H23BrO2. The van der Waals surface area contributed by atoms with E-state index < -0.39 is 0 Å². The molecule has 0 aromatic rings. The first-order chi connectivity index (χ1) is 6.85. The first-order valence-electron chi connectivity index (χ1n) is 5.47. The Morgan fingerprint density at radius 1 is 1.14 bits per heavy atom. The van der Waals surface area contributed by atoms with E-state index >= 15 is 0 Å². The molecule has 1 unspecified atom stereocenters. The second-order valence-corrected chi connectivity index (χ2v) is 4.20. The van der Waals surface area contributed by atoms with Crippen LogP contribution in [0.25, 0.3) is 0 Å². The lowest BCUT2D eigenvalue weighted by Crippen LogP contribution is -2.06. The van der Waals surface area contributed by atoms with Gasteiger partial charge in [-0.1, -0.05) is 29.3 Å². The Morgan fingerprint density at radius 2 is 1.93 bits per heavy atom. The third-order valence-corrected chi connectivity index (χ3v) is 3.16. The van der Waals surface area contributed by atoms with E-state index in [-0.39, 0.29) is 0 Å². The first-order valence-corrected chi connectivity index (χ1v) is 6.59. The zero-order valence-corrected chi connectivity index (χ0v) is 11.0. The Labute approximate surface area is 96.5 Å². The number of hydrogen-bond donors (Lipinski definition) is 0. The van der Waals surface area contributed by atoms with Crippen molar-refractivity contribution < 1.29 is 9.47 Å². The van der Waals surface area contributed by atoms with E-state index in [1.807, 2.05) is 0 Å². The summed E-state index contributed by atoms with van der Waals surface area (Å²) in [6, 6.07) is 0. The number of ether oxygens (including phenoxy) is 2. The van der Waals surface area contributed by atoms with E-state index in [2.05, 4.69) is 22.9 Å². The number of rotatable bonds is 10. The second kappa shape index (κ2) is 11.5. The molecule has 0 saturated carbocycles. The van der Waals surface area contributed by atoms with Gasteiger partial charge >= 0.3 is 0 Å². The Kier molecular flexibility index (Phi) is 11.8. The van der Waals surface area contributed by atoms with Crippen molar-refractivity contribution in [2.45, 2.75) is 32.6 Å². The highest BCUT2D eigenvalue weighted by molar-refractivity contribution is 9.09. The van der Waals surface area contributed by atoms with Gasteiger partial charge in [0.15, 0.2) is 0 Å². The highest BCUT2D eigenvalue weighted by Gasteiger charge is 2.04. The lowest BCUT2D eigenvalue weighted by Gasteiger charge is -2.12. The van der Waals surface area contributed by atoms with Crippen molar-refractivity contribution in [3.8, 4) is 0 Å². The van der Waals surface area contributed by atoms with Crippen LogP contribution in [0.2, 0.25) is 0 Å². The minimum Gasteiger partial charge on any atom is -0.382 e. The molecule has 0 aliphatic rings. The highest BCUT2D eigenvalue weighted by atomic mass is 79.9. The van der Waals surface area contributed by atoms with Gasteiger partial charge in [-0.05, 0) is 25.2 Å². The van der Waals surface area contributed by atoms with E-state index in [1.165, 1.54) is 25.7 Å². The molecule has 2 nitrogen and oxygen atoms in total. The number of hydrogen-bond acceptors (Lipinski definition) is 2. The number of methoxy groups -OCH3 is 1. The standard InChI is InChI=1S/C11H23BrO2/c1-3-5-11(10-12)6-4-7-14-9-8-13-2/h11H,3-10H2,1-2H3. The molecule has 0 radical (unpaired) electrons. The van der Waals surface area contributed by atoms with Crippen LogP contribution in [0.5, 0.6) is 0 Å². The molecular weight excluding hydrogens is 244 g/mol. The fraction of sp³-hybridized carbons (Fsp3) is 1.00. The van der Waals surface area contributed by atoms with Gasteiger partial charge in [-0.3, -0.25) is 0 Å². The van der Waals surface area contributed by atoms with E-state index in [0.29, 0.717) is 6.61 Å². The Hall–Kier alpha value is 0.400. The van der Waals surface area contributed by atoms with Crippen molar-refractivity contribution in [1.82, 2.24) is 0 Å². The molecule has 0 aromatic carbocycles. The van der Waals surface area contributed by atoms with Crippen LogP contribution >= 0.6 is 15.9 Å². The molecule has 0 saturated heterocycles. The normalized spacial score (nSPS) is 13.1. The molecule has 0 amide bonds. The predicted molar refractivity (Wildman–Crippen MR) is 64.1 cm³/mol. The van der Waals surface area contributed by atoms with Crippen LogP contribution in [-0.2, 0) is 9.47 Å². The Bertz CT molecular complexity index is 109. The van der Waals surface area contributed by atoms with E-state index in [9.17, 15) is 0 Å². The van der Waals surface area contributed by atoms with Gasteiger partial charge in [0.1, 0.15) is 0 Å². The zero-order chi connectivity index (χ0) is 10.6. The van der Waals surface area contributed by atoms with Crippen molar-refractivity contribution in [1.29, 1.82) is 0 Å². The highest BCUT2D eigenvalue weighted by Crippen LogP contribution is 2.15. The average Bonchev–Trinajstić information content (AvgIpc) is 2.21. The fourth-order valence-corrected chi connectivity index (χ4v) is 2.07. The van der Waals surface area contributed by atoms with Gasteiger partial charge < -0.3 is 9.47 Å². The number of alkyl halides is 1. The monoisotopic (exact) mass is 266 g/mol. The molecule has 0 N–H and O–H groups in total. The third kappa shape index (κ3) is 8.97. The van der Waals surface area contributed by atoms with Crippen LogP contribution in [0.3, 0.4) is 0 Å². The topological polar surface area (TPSA) is 18.5 Å². The van der Waals surface area contributed by atoms with Gasteiger partial charge in [-0.15, -0.1) is 0 Å². The maximum Gasteiger partial charge on any atom is 0.0700 e. The summed E-state index contributed by atoms with van der Waals surface area (Å²) in [5, 5.41) is 1.12. The van der Waals surface area contributed by atoms with Crippen LogP contribution in [0.4, 0.5) is 0 Å². The summed E-state index contributed by atoms with van der Waals surface area (Å²) >= 11 is 3.55. The van der Waals surface area contributed by atoms with E-state index in [1.54, 1.807) is 7.11 Å². The van der Waals surface area contributed by atoms with Gasteiger partial charge in [0.2, 0.25) is 0 Å². The minimum atomic E-state index is 0.705. The van der Waals surface area contributed by atoms with Crippen LogP contribution < -0.4 is 0 Å². The molecule has 0 rings (SSSR count). The molecule has 0 aromatic heterocycles. The summed E-state index contributed by atoms with van der Waals surface area (Å²) < 4.78 is 10.3. The molecule has 1 atom stereocenters. The SMILES string of the molecule is CCCC(CBr)CCCOCCOC. The summed E-state index contributed by atoms with van der Waals surface area (Å²) in [6.07, 6.45) is 5.04. The summed E-state index contributed by atoms with van der Waals surface area (Å²) in [5.41, 5.74) is 0. The molecule has 0 bridgehead atoms. The maximum atomic E-state index is 5.41. The van der Waals surface area contributed by atoms with Gasteiger partial charge in [0, 0.05) is 19.0 Å². The van der Waals surface area contributed by atoms with Crippen molar-refractivity contribution in [2.24, 2.45) is 5.92 Å². The van der Waals surface area contributed by atoms with Crippen LogP contribution in [0, 0.1) is 5.92 Å².